The topological polar surface area (TPSA) is 55.1 Å². The molecule has 0 aliphatic heterocycles. The summed E-state index contributed by atoms with van der Waals surface area (Å²) in [4.78, 5) is 14.8. The van der Waals surface area contributed by atoms with E-state index in [0.717, 1.165) is 23.1 Å². The Bertz CT molecular complexity index is 851. The second kappa shape index (κ2) is 6.59. The Hall–Kier alpha value is -3.06. The van der Waals surface area contributed by atoms with Crippen LogP contribution in [0.25, 0.3) is 10.9 Å². The molecule has 0 aliphatic carbocycles. The lowest BCUT2D eigenvalue weighted by atomic mass is 10.2. The summed E-state index contributed by atoms with van der Waals surface area (Å²) in [7, 11) is 0. The van der Waals surface area contributed by atoms with E-state index in [1.54, 1.807) is 18.3 Å². The molecule has 4 heteroatoms. The van der Waals surface area contributed by atoms with E-state index in [0.29, 0.717) is 24.2 Å². The van der Waals surface area contributed by atoms with Crippen molar-refractivity contribution in [1.82, 2.24) is 4.98 Å². The molecule has 1 N–H and O–H groups in total. The average molecular weight is 290 g/mol. The molecule has 0 radical (unpaired) electrons. The van der Waals surface area contributed by atoms with Crippen LogP contribution in [-0.2, 0) is 0 Å². The fourth-order valence-electron chi connectivity index (χ4n) is 2.14. The Morgan fingerprint density at radius 1 is 1.18 bits per heavy atom. The Balaban J connectivity index is 1.60. The van der Waals surface area contributed by atoms with Gasteiger partial charge in [-0.25, -0.2) is 0 Å². The highest BCUT2D eigenvalue weighted by Gasteiger charge is 1.99. The molecule has 0 saturated heterocycles. The molecular weight excluding hydrogens is 276 g/mol. The van der Waals surface area contributed by atoms with Crippen molar-refractivity contribution in [2.75, 3.05) is 11.9 Å². The van der Waals surface area contributed by atoms with Crippen LogP contribution in [0, 0.1) is 11.8 Å². The van der Waals surface area contributed by atoms with Crippen LogP contribution in [-0.4, -0.2) is 17.8 Å². The van der Waals surface area contributed by atoms with Gasteiger partial charge in [0.1, 0.15) is 0 Å². The number of carbonyl (C=O) groups is 1. The lowest BCUT2D eigenvalue weighted by molar-refractivity contribution is 0.110. The Morgan fingerprint density at radius 3 is 2.95 bits per heavy atom. The molecule has 1 aromatic carbocycles. The first-order chi connectivity index (χ1) is 10.9. The van der Waals surface area contributed by atoms with Gasteiger partial charge in [0.2, 0.25) is 0 Å². The quantitative estimate of drug-likeness (QED) is 0.454. The highest BCUT2D eigenvalue weighted by molar-refractivity contribution is 5.90. The normalized spacial score (nSPS) is 10.0. The van der Waals surface area contributed by atoms with E-state index in [9.17, 15) is 4.79 Å². The van der Waals surface area contributed by atoms with Crippen molar-refractivity contribution in [2.45, 2.75) is 6.42 Å². The number of para-hydroxylation sites is 1. The molecule has 0 unspecified atom stereocenters. The highest BCUT2D eigenvalue weighted by atomic mass is 16.3. The predicted octanol–water partition coefficient (Wildman–Crippen LogP) is 3.49. The Kier molecular flexibility index (Phi) is 4.17. The molecule has 0 aliphatic rings. The van der Waals surface area contributed by atoms with Crippen LogP contribution in [0.5, 0.6) is 0 Å². The van der Waals surface area contributed by atoms with Crippen LogP contribution in [0.4, 0.5) is 5.69 Å². The third kappa shape index (κ3) is 3.15. The predicted molar refractivity (Wildman–Crippen MR) is 85.8 cm³/mol. The van der Waals surface area contributed by atoms with Gasteiger partial charge >= 0.3 is 0 Å². The standard InChI is InChI=1S/C18H14N2O2/c21-13-15-9-8-14(22-15)5-3-4-11-19-18-10-12-20-17-7-2-1-6-16(17)18/h1-2,6-10,12-13H,4,11H2,(H,19,20). The molecule has 3 aromatic rings. The summed E-state index contributed by atoms with van der Waals surface area (Å²) in [5.41, 5.74) is 2.02. The first kappa shape index (κ1) is 13.9. The summed E-state index contributed by atoms with van der Waals surface area (Å²) in [5.74, 6) is 6.72. The molecule has 0 fully saturated rings. The molecule has 0 saturated carbocycles. The fraction of sp³-hybridized carbons (Fsp3) is 0.111. The second-order valence-corrected chi connectivity index (χ2v) is 4.67. The molecule has 4 nitrogen and oxygen atoms in total. The van der Waals surface area contributed by atoms with Gasteiger partial charge in [0.05, 0.1) is 5.52 Å². The summed E-state index contributed by atoms with van der Waals surface area (Å²) in [6, 6.07) is 13.3. The van der Waals surface area contributed by atoms with Crippen LogP contribution >= 0.6 is 0 Å². The van der Waals surface area contributed by atoms with E-state index < -0.39 is 0 Å². The van der Waals surface area contributed by atoms with E-state index in [4.69, 9.17) is 4.42 Å². The lowest BCUT2D eigenvalue weighted by Crippen LogP contribution is -2.01. The number of nitrogens with zero attached hydrogens (tertiary/aromatic N) is 1. The van der Waals surface area contributed by atoms with Crippen LogP contribution in [0.1, 0.15) is 22.7 Å². The minimum absolute atomic E-state index is 0.297. The summed E-state index contributed by atoms with van der Waals surface area (Å²) in [6.07, 6.45) is 3.13. The number of hydrogen-bond donors (Lipinski definition) is 1. The zero-order chi connectivity index (χ0) is 15.2. The van der Waals surface area contributed by atoms with Gasteiger partial charge in [0.15, 0.2) is 17.8 Å². The van der Waals surface area contributed by atoms with Gasteiger partial charge < -0.3 is 9.73 Å². The SMILES string of the molecule is O=Cc1ccc(C#CCCNc2ccnc3ccccc23)o1. The van der Waals surface area contributed by atoms with E-state index in [1.807, 2.05) is 30.3 Å². The number of nitrogens with one attached hydrogen (secondary N) is 1. The Morgan fingerprint density at radius 2 is 2.09 bits per heavy atom. The van der Waals surface area contributed by atoms with Gasteiger partial charge in [-0.3, -0.25) is 9.78 Å². The lowest BCUT2D eigenvalue weighted by Gasteiger charge is -2.07. The fourth-order valence-corrected chi connectivity index (χ4v) is 2.14. The average Bonchev–Trinajstić information content (AvgIpc) is 3.03. The van der Waals surface area contributed by atoms with E-state index in [1.165, 1.54) is 0 Å². The van der Waals surface area contributed by atoms with Gasteiger partial charge in [-0.1, -0.05) is 24.1 Å². The number of fused-ring (bicyclic) bond motifs is 1. The van der Waals surface area contributed by atoms with Crippen molar-refractivity contribution in [3.63, 3.8) is 0 Å². The van der Waals surface area contributed by atoms with Gasteiger partial charge in [-0.15, -0.1) is 0 Å². The smallest absolute Gasteiger partial charge is 0.185 e. The molecule has 22 heavy (non-hydrogen) atoms. The van der Waals surface area contributed by atoms with Gasteiger partial charge in [-0.2, -0.15) is 0 Å². The third-order valence-electron chi connectivity index (χ3n) is 3.17. The van der Waals surface area contributed by atoms with E-state index >= 15 is 0 Å². The minimum Gasteiger partial charge on any atom is -0.445 e. The zero-order valence-corrected chi connectivity index (χ0v) is 11.9. The maximum absolute atomic E-state index is 10.5. The summed E-state index contributed by atoms with van der Waals surface area (Å²) in [6.45, 7) is 0.724. The maximum atomic E-state index is 10.5. The zero-order valence-electron chi connectivity index (χ0n) is 11.9. The summed E-state index contributed by atoms with van der Waals surface area (Å²) >= 11 is 0. The number of carbonyl (C=O) groups excluding carboxylic acids is 1. The number of hydrogen-bond acceptors (Lipinski definition) is 4. The minimum atomic E-state index is 0.297. The molecule has 2 heterocycles. The van der Waals surface area contributed by atoms with Crippen LogP contribution < -0.4 is 5.32 Å². The number of benzene rings is 1. The van der Waals surface area contributed by atoms with E-state index in [2.05, 4.69) is 22.1 Å². The van der Waals surface area contributed by atoms with Crippen molar-refractivity contribution in [1.29, 1.82) is 0 Å². The maximum Gasteiger partial charge on any atom is 0.185 e. The monoisotopic (exact) mass is 290 g/mol. The van der Waals surface area contributed by atoms with Crippen LogP contribution in [0.3, 0.4) is 0 Å². The number of pyridine rings is 1. The largest absolute Gasteiger partial charge is 0.445 e. The van der Waals surface area contributed by atoms with Gasteiger partial charge in [0.25, 0.3) is 0 Å². The molecule has 0 atom stereocenters. The molecular formula is C18H14N2O2. The Labute approximate surface area is 128 Å². The van der Waals surface area contributed by atoms with Gasteiger partial charge in [0, 0.05) is 30.2 Å². The highest BCUT2D eigenvalue weighted by Crippen LogP contribution is 2.20. The van der Waals surface area contributed by atoms with Crippen molar-refractivity contribution in [3.8, 4) is 11.8 Å². The molecule has 2 aromatic heterocycles. The molecule has 0 spiro atoms. The molecule has 0 bridgehead atoms. The van der Waals surface area contributed by atoms with E-state index in [-0.39, 0.29) is 0 Å². The van der Waals surface area contributed by atoms with Crippen LogP contribution in [0.15, 0.2) is 53.1 Å². The van der Waals surface area contributed by atoms with Crippen LogP contribution in [0.2, 0.25) is 0 Å². The van der Waals surface area contributed by atoms with Crippen molar-refractivity contribution >= 4 is 22.9 Å². The molecule has 108 valence electrons. The van der Waals surface area contributed by atoms with Crippen molar-refractivity contribution in [3.05, 3.63) is 60.2 Å². The van der Waals surface area contributed by atoms with Gasteiger partial charge in [-0.05, 0) is 30.2 Å². The number of aldehydes is 1. The number of aromatic nitrogens is 1. The summed E-state index contributed by atoms with van der Waals surface area (Å²) < 4.78 is 5.18. The number of anilines is 1. The molecule has 3 rings (SSSR count). The number of rotatable bonds is 4. The first-order valence-electron chi connectivity index (χ1n) is 6.98. The van der Waals surface area contributed by atoms with Crippen molar-refractivity contribution in [2.24, 2.45) is 0 Å². The third-order valence-corrected chi connectivity index (χ3v) is 3.17. The molecule has 0 amide bonds. The second-order valence-electron chi connectivity index (χ2n) is 4.67. The summed E-state index contributed by atoms with van der Waals surface area (Å²) in [5, 5.41) is 4.46. The van der Waals surface area contributed by atoms with Crippen molar-refractivity contribution < 1.29 is 9.21 Å². The number of furan rings is 1. The first-order valence-corrected chi connectivity index (χ1v) is 6.98.